The predicted molar refractivity (Wildman–Crippen MR) is 41.9 cm³/mol. The lowest BCUT2D eigenvalue weighted by Gasteiger charge is -2.11. The second-order valence-corrected chi connectivity index (χ2v) is 3.42. The normalized spacial score (nSPS) is 14.7. The smallest absolute Gasteiger partial charge is 0.323 e. The molecule has 0 spiro atoms. The number of alkyl halides is 3. The van der Waals surface area contributed by atoms with Crippen molar-refractivity contribution in [3.8, 4) is 0 Å². The molecule has 0 aromatic carbocycles. The molecule has 0 amide bonds. The summed E-state index contributed by atoms with van der Waals surface area (Å²) in [5.41, 5.74) is 5.32. The van der Waals surface area contributed by atoms with Crippen molar-refractivity contribution >= 4 is 11.3 Å². The van der Waals surface area contributed by atoms with Gasteiger partial charge in [0, 0.05) is 10.9 Å². The molecular weight excluding hydrogens is 187 g/mol. The fourth-order valence-electron chi connectivity index (χ4n) is 0.852. The zero-order chi connectivity index (χ0) is 9.19. The van der Waals surface area contributed by atoms with Crippen LogP contribution in [-0.4, -0.2) is 6.18 Å². The summed E-state index contributed by atoms with van der Waals surface area (Å²) in [6.07, 6.45) is -5.13. The van der Waals surface area contributed by atoms with Crippen LogP contribution in [0.3, 0.4) is 0 Å². The predicted octanol–water partition coefficient (Wildman–Crippen LogP) is 2.70. The van der Waals surface area contributed by atoms with Gasteiger partial charge in [0.2, 0.25) is 0 Å². The Morgan fingerprint density at radius 3 is 2.58 bits per heavy atom. The van der Waals surface area contributed by atoms with Crippen LogP contribution < -0.4 is 5.73 Å². The maximum absolute atomic E-state index is 11.8. The molecular formula is C7H8F3NS. The summed E-state index contributed by atoms with van der Waals surface area (Å²) in [7, 11) is 0. The van der Waals surface area contributed by atoms with E-state index in [-0.39, 0.29) is 0 Å². The first-order valence-corrected chi connectivity index (χ1v) is 4.23. The number of rotatable bonds is 2. The Balaban J connectivity index is 2.56. The van der Waals surface area contributed by atoms with Crippen molar-refractivity contribution in [2.45, 2.75) is 18.6 Å². The van der Waals surface area contributed by atoms with E-state index in [1.165, 1.54) is 11.3 Å². The molecule has 0 bridgehead atoms. The van der Waals surface area contributed by atoms with Gasteiger partial charge in [0.05, 0.1) is 6.42 Å². The second-order valence-electron chi connectivity index (χ2n) is 2.44. The standard InChI is InChI=1S/C7H8F3NS/c8-7(9,10)4-5(11)6-2-1-3-12-6/h1-3,5H,4,11H2/t5-/m1/s1. The fourth-order valence-corrected chi connectivity index (χ4v) is 1.58. The zero-order valence-electron chi connectivity index (χ0n) is 6.14. The van der Waals surface area contributed by atoms with Crippen molar-refractivity contribution in [1.82, 2.24) is 0 Å². The van der Waals surface area contributed by atoms with Gasteiger partial charge in [-0.15, -0.1) is 11.3 Å². The van der Waals surface area contributed by atoms with E-state index in [1.54, 1.807) is 17.5 Å². The van der Waals surface area contributed by atoms with Crippen LogP contribution in [0, 0.1) is 0 Å². The molecule has 1 aromatic heterocycles. The molecule has 12 heavy (non-hydrogen) atoms. The van der Waals surface area contributed by atoms with Crippen LogP contribution in [0.2, 0.25) is 0 Å². The lowest BCUT2D eigenvalue weighted by Crippen LogP contribution is -2.19. The minimum atomic E-state index is -4.18. The summed E-state index contributed by atoms with van der Waals surface area (Å²) in [5.74, 6) is 0. The lowest BCUT2D eigenvalue weighted by molar-refractivity contribution is -0.138. The van der Waals surface area contributed by atoms with Gasteiger partial charge < -0.3 is 5.73 Å². The van der Waals surface area contributed by atoms with Gasteiger partial charge in [0.25, 0.3) is 0 Å². The molecule has 1 heterocycles. The first-order chi connectivity index (χ1) is 5.49. The van der Waals surface area contributed by atoms with Gasteiger partial charge >= 0.3 is 6.18 Å². The molecule has 1 aromatic rings. The van der Waals surface area contributed by atoms with E-state index in [0.29, 0.717) is 4.88 Å². The molecule has 1 rings (SSSR count). The van der Waals surface area contributed by atoms with E-state index in [2.05, 4.69) is 0 Å². The van der Waals surface area contributed by atoms with E-state index in [4.69, 9.17) is 5.73 Å². The molecule has 5 heteroatoms. The lowest BCUT2D eigenvalue weighted by atomic mass is 10.2. The average Bonchev–Trinajstić information content (AvgIpc) is 2.32. The van der Waals surface area contributed by atoms with Gasteiger partial charge in [0.15, 0.2) is 0 Å². The van der Waals surface area contributed by atoms with E-state index in [1.807, 2.05) is 0 Å². The Morgan fingerprint density at radius 2 is 2.17 bits per heavy atom. The van der Waals surface area contributed by atoms with Crippen molar-refractivity contribution in [2.24, 2.45) is 5.73 Å². The third-order valence-corrected chi connectivity index (χ3v) is 2.36. The van der Waals surface area contributed by atoms with E-state index in [9.17, 15) is 13.2 Å². The largest absolute Gasteiger partial charge is 0.390 e. The number of thiophene rings is 1. The molecule has 0 unspecified atom stereocenters. The van der Waals surface area contributed by atoms with Crippen LogP contribution in [0.5, 0.6) is 0 Å². The van der Waals surface area contributed by atoms with Gasteiger partial charge in [0.1, 0.15) is 0 Å². The Labute approximate surface area is 72.0 Å². The third-order valence-electron chi connectivity index (χ3n) is 1.36. The molecule has 2 N–H and O–H groups in total. The summed E-state index contributed by atoms with van der Waals surface area (Å²) < 4.78 is 35.5. The highest BCUT2D eigenvalue weighted by molar-refractivity contribution is 7.10. The molecule has 0 fully saturated rings. The van der Waals surface area contributed by atoms with Gasteiger partial charge in [-0.05, 0) is 11.4 Å². The SMILES string of the molecule is N[C@H](CC(F)(F)F)c1cccs1. The number of hydrogen-bond acceptors (Lipinski definition) is 2. The molecule has 68 valence electrons. The maximum Gasteiger partial charge on any atom is 0.390 e. The van der Waals surface area contributed by atoms with Gasteiger partial charge in [-0.25, -0.2) is 0 Å². The van der Waals surface area contributed by atoms with E-state index in [0.717, 1.165) is 0 Å². The Kier molecular flexibility index (Phi) is 2.74. The quantitative estimate of drug-likeness (QED) is 0.771. The van der Waals surface area contributed by atoms with Crippen LogP contribution in [-0.2, 0) is 0 Å². The molecule has 0 aliphatic heterocycles. The topological polar surface area (TPSA) is 26.0 Å². The monoisotopic (exact) mass is 195 g/mol. The summed E-state index contributed by atoms with van der Waals surface area (Å²) >= 11 is 1.25. The molecule has 0 radical (unpaired) electrons. The fraction of sp³-hybridized carbons (Fsp3) is 0.429. The Morgan fingerprint density at radius 1 is 1.50 bits per heavy atom. The summed E-state index contributed by atoms with van der Waals surface area (Å²) in [6, 6.07) is 2.39. The van der Waals surface area contributed by atoms with Gasteiger partial charge in [-0.2, -0.15) is 13.2 Å². The zero-order valence-corrected chi connectivity index (χ0v) is 6.95. The highest BCUT2D eigenvalue weighted by atomic mass is 32.1. The van der Waals surface area contributed by atoms with E-state index >= 15 is 0 Å². The van der Waals surface area contributed by atoms with Crippen molar-refractivity contribution in [3.05, 3.63) is 22.4 Å². The Hall–Kier alpha value is -0.550. The van der Waals surface area contributed by atoms with Crippen LogP contribution in [0.4, 0.5) is 13.2 Å². The minimum absolute atomic E-state index is 0.576. The van der Waals surface area contributed by atoms with Crippen LogP contribution in [0.1, 0.15) is 17.3 Å². The average molecular weight is 195 g/mol. The summed E-state index contributed by atoms with van der Waals surface area (Å²) in [5, 5.41) is 1.71. The summed E-state index contributed by atoms with van der Waals surface area (Å²) in [6.45, 7) is 0. The first-order valence-electron chi connectivity index (χ1n) is 3.35. The van der Waals surface area contributed by atoms with Crippen LogP contribution >= 0.6 is 11.3 Å². The third kappa shape index (κ3) is 2.83. The van der Waals surface area contributed by atoms with Crippen molar-refractivity contribution in [2.75, 3.05) is 0 Å². The van der Waals surface area contributed by atoms with E-state index < -0.39 is 18.6 Å². The number of hydrogen-bond donors (Lipinski definition) is 1. The highest BCUT2D eigenvalue weighted by Gasteiger charge is 2.31. The van der Waals surface area contributed by atoms with Crippen LogP contribution in [0.25, 0.3) is 0 Å². The molecule has 0 aliphatic rings. The number of halogens is 3. The summed E-state index contributed by atoms with van der Waals surface area (Å²) in [4.78, 5) is 0.576. The van der Waals surface area contributed by atoms with Gasteiger partial charge in [-0.1, -0.05) is 6.07 Å². The molecule has 0 saturated heterocycles. The Bertz CT molecular complexity index is 229. The molecule has 1 nitrogen and oxygen atoms in total. The molecule has 1 atom stereocenters. The van der Waals surface area contributed by atoms with Crippen molar-refractivity contribution in [3.63, 3.8) is 0 Å². The molecule has 0 saturated carbocycles. The highest BCUT2D eigenvalue weighted by Crippen LogP contribution is 2.29. The first kappa shape index (κ1) is 9.54. The molecule has 0 aliphatic carbocycles. The second kappa shape index (κ2) is 3.45. The maximum atomic E-state index is 11.8. The van der Waals surface area contributed by atoms with Crippen molar-refractivity contribution < 1.29 is 13.2 Å². The number of nitrogens with two attached hydrogens (primary N) is 1. The minimum Gasteiger partial charge on any atom is -0.323 e. The van der Waals surface area contributed by atoms with Gasteiger partial charge in [-0.3, -0.25) is 0 Å². The van der Waals surface area contributed by atoms with Crippen molar-refractivity contribution in [1.29, 1.82) is 0 Å². The van der Waals surface area contributed by atoms with Crippen LogP contribution in [0.15, 0.2) is 17.5 Å².